The molecule has 0 bridgehead atoms. The number of nitrogens with zero attached hydrogens (tertiary/aromatic N) is 2. The van der Waals surface area contributed by atoms with E-state index in [2.05, 4.69) is 10.5 Å². The summed E-state index contributed by atoms with van der Waals surface area (Å²) in [7, 11) is 2.76. The Bertz CT molecular complexity index is 790. The van der Waals surface area contributed by atoms with Crippen LogP contribution in [-0.2, 0) is 11.2 Å². The number of nitro groups is 1. The molecular weight excluding hydrogens is 326 g/mol. The van der Waals surface area contributed by atoms with Crippen molar-refractivity contribution in [2.75, 3.05) is 14.2 Å². The topological polar surface area (TPSA) is 103 Å². The predicted octanol–water partition coefficient (Wildman–Crippen LogP) is 2.30. The van der Waals surface area contributed by atoms with Crippen LogP contribution in [0.4, 0.5) is 5.69 Å². The average Bonchev–Trinajstić information content (AvgIpc) is 2.61. The lowest BCUT2D eigenvalue weighted by atomic mass is 10.1. The molecule has 0 atom stereocenters. The van der Waals surface area contributed by atoms with E-state index in [1.165, 1.54) is 32.6 Å². The number of amides is 1. The van der Waals surface area contributed by atoms with Crippen LogP contribution in [0, 0.1) is 10.1 Å². The molecule has 8 heteroatoms. The second kappa shape index (κ2) is 8.44. The van der Waals surface area contributed by atoms with Crippen molar-refractivity contribution in [1.82, 2.24) is 5.43 Å². The number of carbonyl (C=O) groups is 1. The first-order valence-corrected chi connectivity index (χ1v) is 7.31. The maximum atomic E-state index is 11.8. The lowest BCUT2D eigenvalue weighted by Crippen LogP contribution is -2.19. The van der Waals surface area contributed by atoms with Crippen LogP contribution in [-0.4, -0.2) is 31.3 Å². The van der Waals surface area contributed by atoms with Crippen molar-refractivity contribution in [2.24, 2.45) is 5.10 Å². The molecule has 0 heterocycles. The molecule has 1 amide bonds. The molecule has 0 aliphatic rings. The fourth-order valence-corrected chi connectivity index (χ4v) is 2.14. The summed E-state index contributed by atoms with van der Waals surface area (Å²) >= 11 is 0. The van der Waals surface area contributed by atoms with Crippen molar-refractivity contribution in [1.29, 1.82) is 0 Å². The van der Waals surface area contributed by atoms with Crippen LogP contribution in [0.1, 0.15) is 11.1 Å². The Balaban J connectivity index is 2.12. The highest BCUT2D eigenvalue weighted by Gasteiger charge is 2.18. The van der Waals surface area contributed by atoms with E-state index in [0.29, 0.717) is 11.3 Å². The lowest BCUT2D eigenvalue weighted by molar-refractivity contribution is -0.385. The van der Waals surface area contributed by atoms with Crippen LogP contribution in [0.2, 0.25) is 0 Å². The number of ether oxygens (including phenoxy) is 2. The van der Waals surface area contributed by atoms with Crippen LogP contribution >= 0.6 is 0 Å². The van der Waals surface area contributed by atoms with E-state index in [0.717, 1.165) is 5.56 Å². The van der Waals surface area contributed by atoms with Crippen LogP contribution in [0.25, 0.3) is 0 Å². The molecule has 0 saturated carbocycles. The van der Waals surface area contributed by atoms with E-state index in [1.807, 2.05) is 30.3 Å². The zero-order valence-electron chi connectivity index (χ0n) is 13.8. The Morgan fingerprint density at radius 1 is 1.20 bits per heavy atom. The van der Waals surface area contributed by atoms with Gasteiger partial charge in [-0.1, -0.05) is 30.3 Å². The molecule has 0 unspecified atom stereocenters. The number of methoxy groups -OCH3 is 2. The normalized spacial score (nSPS) is 10.5. The second-order valence-corrected chi connectivity index (χ2v) is 4.98. The summed E-state index contributed by atoms with van der Waals surface area (Å²) < 4.78 is 10.1. The Morgan fingerprint density at radius 2 is 1.88 bits per heavy atom. The molecule has 8 nitrogen and oxygen atoms in total. The van der Waals surface area contributed by atoms with Gasteiger partial charge in [0.05, 0.1) is 31.8 Å². The molecule has 25 heavy (non-hydrogen) atoms. The Labute approximate surface area is 144 Å². The Kier molecular flexibility index (Phi) is 6.05. The number of hydrogen-bond donors (Lipinski definition) is 1. The fourth-order valence-electron chi connectivity index (χ4n) is 2.14. The Morgan fingerprint density at radius 3 is 2.48 bits per heavy atom. The first kappa shape index (κ1) is 17.9. The summed E-state index contributed by atoms with van der Waals surface area (Å²) in [5.41, 5.74) is 3.36. The van der Waals surface area contributed by atoms with Gasteiger partial charge >= 0.3 is 5.69 Å². The molecular formula is C17H17N3O5. The van der Waals surface area contributed by atoms with Crippen LogP contribution in [0.15, 0.2) is 47.6 Å². The number of benzene rings is 2. The van der Waals surface area contributed by atoms with E-state index >= 15 is 0 Å². The number of carbonyl (C=O) groups excluding carboxylic acids is 1. The number of nitro benzene ring substituents is 1. The van der Waals surface area contributed by atoms with Gasteiger partial charge in [-0.3, -0.25) is 14.9 Å². The van der Waals surface area contributed by atoms with Gasteiger partial charge in [-0.25, -0.2) is 5.43 Å². The highest BCUT2D eigenvalue weighted by Crippen LogP contribution is 2.33. The van der Waals surface area contributed by atoms with Crippen molar-refractivity contribution >= 4 is 17.8 Å². The van der Waals surface area contributed by atoms with E-state index in [9.17, 15) is 14.9 Å². The van der Waals surface area contributed by atoms with Gasteiger partial charge in [0, 0.05) is 17.7 Å². The third kappa shape index (κ3) is 4.77. The molecule has 130 valence electrons. The van der Waals surface area contributed by atoms with Crippen molar-refractivity contribution in [3.8, 4) is 11.5 Å². The van der Waals surface area contributed by atoms with Gasteiger partial charge < -0.3 is 9.47 Å². The zero-order chi connectivity index (χ0) is 18.2. The molecule has 2 rings (SSSR count). The maximum Gasteiger partial charge on any atom is 0.311 e. The SMILES string of the molecule is COc1cc(OC)c([N+](=O)[O-])cc1/C=N\NC(=O)Cc1ccccc1. The van der Waals surface area contributed by atoms with E-state index in [4.69, 9.17) is 9.47 Å². The smallest absolute Gasteiger partial charge is 0.311 e. The van der Waals surface area contributed by atoms with Crippen molar-refractivity contribution in [3.05, 3.63) is 63.7 Å². The van der Waals surface area contributed by atoms with E-state index in [-0.39, 0.29) is 23.8 Å². The third-order valence-electron chi connectivity index (χ3n) is 3.33. The minimum absolute atomic E-state index is 0.0760. The summed E-state index contributed by atoms with van der Waals surface area (Å²) in [6, 6.07) is 11.9. The number of hydrazone groups is 1. The quantitative estimate of drug-likeness (QED) is 0.472. The first-order valence-electron chi connectivity index (χ1n) is 7.31. The van der Waals surface area contributed by atoms with Gasteiger partial charge in [0.15, 0.2) is 0 Å². The van der Waals surface area contributed by atoms with Crippen molar-refractivity contribution in [2.45, 2.75) is 6.42 Å². The molecule has 2 aromatic carbocycles. The largest absolute Gasteiger partial charge is 0.496 e. The van der Waals surface area contributed by atoms with E-state index in [1.54, 1.807) is 0 Å². The first-order chi connectivity index (χ1) is 12.0. The summed E-state index contributed by atoms with van der Waals surface area (Å²) in [5.74, 6) is 0.111. The number of nitrogens with one attached hydrogen (secondary N) is 1. The minimum atomic E-state index is -0.566. The van der Waals surface area contributed by atoms with Crippen molar-refractivity contribution in [3.63, 3.8) is 0 Å². The molecule has 1 N–H and O–H groups in total. The summed E-state index contributed by atoms with van der Waals surface area (Å²) in [4.78, 5) is 22.4. The number of rotatable bonds is 7. The molecule has 0 fully saturated rings. The van der Waals surface area contributed by atoms with Gasteiger partial charge in [-0.15, -0.1) is 0 Å². The van der Waals surface area contributed by atoms with Crippen molar-refractivity contribution < 1.29 is 19.2 Å². The molecule has 0 aliphatic heterocycles. The molecule has 0 aromatic heterocycles. The molecule has 0 radical (unpaired) electrons. The molecule has 0 spiro atoms. The van der Waals surface area contributed by atoms with Gasteiger partial charge in [-0.2, -0.15) is 5.10 Å². The summed E-state index contributed by atoms with van der Waals surface area (Å²) in [5, 5.41) is 14.9. The second-order valence-electron chi connectivity index (χ2n) is 4.98. The monoisotopic (exact) mass is 343 g/mol. The third-order valence-corrected chi connectivity index (χ3v) is 3.33. The van der Waals surface area contributed by atoms with Crippen LogP contribution in [0.5, 0.6) is 11.5 Å². The predicted molar refractivity (Wildman–Crippen MR) is 92.1 cm³/mol. The fraction of sp³-hybridized carbons (Fsp3) is 0.176. The molecule has 0 saturated heterocycles. The maximum absolute atomic E-state index is 11.8. The van der Waals surface area contributed by atoms with Gasteiger partial charge in [0.2, 0.25) is 11.7 Å². The van der Waals surface area contributed by atoms with Crippen LogP contribution < -0.4 is 14.9 Å². The standard InChI is InChI=1S/C17H17N3O5/c1-24-15-10-16(25-2)14(20(22)23)9-13(15)11-18-19-17(21)8-12-6-4-3-5-7-12/h3-7,9-11H,8H2,1-2H3,(H,19,21)/b18-11-. The highest BCUT2D eigenvalue weighted by atomic mass is 16.6. The average molecular weight is 343 g/mol. The molecule has 0 aliphatic carbocycles. The van der Waals surface area contributed by atoms with Crippen LogP contribution in [0.3, 0.4) is 0 Å². The minimum Gasteiger partial charge on any atom is -0.496 e. The lowest BCUT2D eigenvalue weighted by Gasteiger charge is -2.08. The zero-order valence-corrected chi connectivity index (χ0v) is 13.8. The Hall–Kier alpha value is -3.42. The molecule has 2 aromatic rings. The van der Waals surface area contributed by atoms with Gasteiger partial charge in [-0.05, 0) is 5.56 Å². The summed E-state index contributed by atoms with van der Waals surface area (Å²) in [6.45, 7) is 0. The van der Waals surface area contributed by atoms with Gasteiger partial charge in [0.25, 0.3) is 0 Å². The van der Waals surface area contributed by atoms with Gasteiger partial charge in [0.1, 0.15) is 5.75 Å². The summed E-state index contributed by atoms with van der Waals surface area (Å²) in [6.07, 6.45) is 1.46. The highest BCUT2D eigenvalue weighted by molar-refractivity contribution is 5.87. The number of hydrogen-bond acceptors (Lipinski definition) is 6. The van der Waals surface area contributed by atoms with E-state index < -0.39 is 4.92 Å².